The largest absolute Gasteiger partial charge is 0.490 e. The highest BCUT2D eigenvalue weighted by atomic mass is 19.4. The Labute approximate surface area is 250 Å². The maximum absolute atomic E-state index is 13.2. The summed E-state index contributed by atoms with van der Waals surface area (Å²) in [6, 6.07) is 0. The smallest absolute Gasteiger partial charge is 0.456 e. The number of carbonyl (C=O) groups excluding carboxylic acids is 4. The first-order valence-electron chi connectivity index (χ1n) is 12.3. The Hall–Kier alpha value is -3.56. The molecule has 264 valence electrons. The number of esters is 4. The van der Waals surface area contributed by atoms with E-state index in [1.165, 1.54) is 0 Å². The molecule has 10 nitrogen and oxygen atoms in total. The second-order valence-electron chi connectivity index (χ2n) is 9.70. The predicted molar refractivity (Wildman–Crippen MR) is 122 cm³/mol. The van der Waals surface area contributed by atoms with Crippen molar-refractivity contribution in [1.82, 2.24) is 0 Å². The van der Waals surface area contributed by atoms with Gasteiger partial charge in [0.2, 0.25) is 0 Å². The third kappa shape index (κ3) is 12.0. The summed E-state index contributed by atoms with van der Waals surface area (Å²) >= 11 is 0. The monoisotopic (exact) mass is 700 g/mol. The van der Waals surface area contributed by atoms with Crippen molar-refractivity contribution in [3.63, 3.8) is 0 Å². The number of halogens is 12. The summed E-state index contributed by atoms with van der Waals surface area (Å²) in [5.41, 5.74) is -1.13. The van der Waals surface area contributed by atoms with Crippen LogP contribution < -0.4 is 0 Å². The van der Waals surface area contributed by atoms with Gasteiger partial charge < -0.3 is 28.4 Å². The van der Waals surface area contributed by atoms with Gasteiger partial charge in [-0.05, 0) is 33.6 Å². The van der Waals surface area contributed by atoms with Gasteiger partial charge in [0.1, 0.15) is 12.7 Å². The van der Waals surface area contributed by atoms with E-state index in [2.05, 4.69) is 25.5 Å². The van der Waals surface area contributed by atoms with E-state index in [0.29, 0.717) is 0 Å². The van der Waals surface area contributed by atoms with E-state index in [-0.39, 0.29) is 12.8 Å². The highest BCUT2D eigenvalue weighted by molar-refractivity contribution is 5.78. The van der Waals surface area contributed by atoms with Crippen LogP contribution in [0.15, 0.2) is 24.3 Å². The Morgan fingerprint density at radius 3 is 1.50 bits per heavy atom. The Morgan fingerprint density at radius 1 is 0.696 bits per heavy atom. The van der Waals surface area contributed by atoms with Crippen LogP contribution in [-0.2, 0) is 47.6 Å². The maximum Gasteiger partial charge on any atom is 0.490 e. The van der Waals surface area contributed by atoms with Crippen molar-refractivity contribution in [2.45, 2.75) is 94.6 Å². The number of allylic oxidation sites excluding steroid dienone is 2. The van der Waals surface area contributed by atoms with Gasteiger partial charge in [-0.1, -0.05) is 17.7 Å². The fourth-order valence-electron chi connectivity index (χ4n) is 3.44. The first kappa shape index (κ1) is 40.5. The molecule has 1 saturated heterocycles. The van der Waals surface area contributed by atoms with E-state index < -0.39 is 91.5 Å². The highest BCUT2D eigenvalue weighted by Crippen LogP contribution is 2.37. The normalized spacial score (nSPS) is 23.8. The summed E-state index contributed by atoms with van der Waals surface area (Å²) in [6.07, 6.45) is -36.9. The van der Waals surface area contributed by atoms with Crippen LogP contribution in [0.4, 0.5) is 52.7 Å². The average molecular weight is 700 g/mol. The molecule has 0 bridgehead atoms. The average Bonchev–Trinajstić information content (AvgIpc) is 2.87. The van der Waals surface area contributed by atoms with Gasteiger partial charge in [-0.3, -0.25) is 0 Å². The number of rotatable bonds is 11. The van der Waals surface area contributed by atoms with E-state index in [1.54, 1.807) is 19.9 Å². The molecule has 0 aromatic rings. The molecule has 0 aromatic carbocycles. The number of alkyl halides is 12. The standard InChI is InChI=1S/C24H24F12O10/c1-5-20(4,8-6-7-10(2)3)46-15-14(45-19(40)24(34,35)36)13(44-18(39)23(31,32)33)12(43-17(38)22(28,29)30)11(42-15)9-41-16(37)21(25,26)27/h5,7,11-15H,1,6,8-9H2,2-4H3/t11-,12-,13+,14-,15+,20?/m1/s1. The molecule has 1 aliphatic rings. The molecule has 6 atom stereocenters. The van der Waals surface area contributed by atoms with Crippen LogP contribution in [0.2, 0.25) is 0 Å². The van der Waals surface area contributed by atoms with Gasteiger partial charge in [0, 0.05) is 0 Å². The first-order valence-corrected chi connectivity index (χ1v) is 12.3. The lowest BCUT2D eigenvalue weighted by atomic mass is 9.96. The minimum absolute atomic E-state index is 0.0789. The van der Waals surface area contributed by atoms with Gasteiger partial charge in [0.15, 0.2) is 24.6 Å². The molecule has 1 unspecified atom stereocenters. The molecular weight excluding hydrogens is 676 g/mol. The van der Waals surface area contributed by atoms with Crippen molar-refractivity contribution in [2.24, 2.45) is 0 Å². The maximum atomic E-state index is 13.2. The minimum atomic E-state index is -6.07. The van der Waals surface area contributed by atoms with Crippen LogP contribution in [0.1, 0.15) is 33.6 Å². The molecule has 1 fully saturated rings. The van der Waals surface area contributed by atoms with Crippen LogP contribution in [0, 0.1) is 0 Å². The Bertz CT molecular complexity index is 1150. The third-order valence-corrected chi connectivity index (χ3v) is 5.64. The molecule has 1 rings (SSSR count). The minimum Gasteiger partial charge on any atom is -0.456 e. The Balaban J connectivity index is 3.89. The number of hydrogen-bond donors (Lipinski definition) is 0. The summed E-state index contributed by atoms with van der Waals surface area (Å²) in [5, 5.41) is 0. The molecule has 22 heteroatoms. The fourth-order valence-corrected chi connectivity index (χ4v) is 3.44. The zero-order valence-corrected chi connectivity index (χ0v) is 23.5. The van der Waals surface area contributed by atoms with Gasteiger partial charge >= 0.3 is 48.6 Å². The molecule has 1 heterocycles. The van der Waals surface area contributed by atoms with Gasteiger partial charge in [-0.25, -0.2) is 19.2 Å². The van der Waals surface area contributed by atoms with Gasteiger partial charge in [-0.2, -0.15) is 52.7 Å². The fraction of sp³-hybridized carbons (Fsp3) is 0.667. The Kier molecular flexibility index (Phi) is 13.1. The number of carbonyl (C=O) groups is 4. The molecule has 0 N–H and O–H groups in total. The van der Waals surface area contributed by atoms with E-state index in [4.69, 9.17) is 9.47 Å². The molecule has 0 radical (unpaired) electrons. The van der Waals surface area contributed by atoms with Crippen LogP contribution in [-0.4, -0.2) is 91.5 Å². The van der Waals surface area contributed by atoms with Gasteiger partial charge in [-0.15, -0.1) is 6.58 Å². The zero-order chi connectivity index (χ0) is 36.1. The SMILES string of the molecule is C=CC(C)(CCC=C(C)C)O[C@@H]1O[C@H](COC(=O)C(F)(F)F)[C@@H](OC(=O)C(F)(F)F)[C@H](OC(=O)C(F)(F)F)[C@H]1OC(=O)C(F)(F)F. The first-order chi connectivity index (χ1) is 20.6. The van der Waals surface area contributed by atoms with E-state index >= 15 is 0 Å². The molecule has 0 aliphatic carbocycles. The van der Waals surface area contributed by atoms with Crippen molar-refractivity contribution >= 4 is 23.9 Å². The molecule has 1 aliphatic heterocycles. The van der Waals surface area contributed by atoms with Crippen LogP contribution in [0.3, 0.4) is 0 Å². The van der Waals surface area contributed by atoms with Crippen molar-refractivity contribution in [1.29, 1.82) is 0 Å². The lowest BCUT2D eigenvalue weighted by Gasteiger charge is -2.46. The summed E-state index contributed by atoms with van der Waals surface area (Å²) < 4.78 is 183. The van der Waals surface area contributed by atoms with Gasteiger partial charge in [0.25, 0.3) is 0 Å². The van der Waals surface area contributed by atoms with Crippen LogP contribution >= 0.6 is 0 Å². The summed E-state index contributed by atoms with van der Waals surface area (Å²) in [6.45, 7) is 5.84. The van der Waals surface area contributed by atoms with Gasteiger partial charge in [0.05, 0.1) is 5.60 Å². The summed E-state index contributed by atoms with van der Waals surface area (Å²) in [5.74, 6) is -13.1. The lowest BCUT2D eigenvalue weighted by Crippen LogP contribution is -2.65. The molecule has 0 amide bonds. The zero-order valence-electron chi connectivity index (χ0n) is 23.5. The van der Waals surface area contributed by atoms with Crippen molar-refractivity contribution < 1.29 is 100 Å². The highest BCUT2D eigenvalue weighted by Gasteiger charge is 2.59. The quantitative estimate of drug-likeness (QED) is 0.127. The molecule has 46 heavy (non-hydrogen) atoms. The Morgan fingerprint density at radius 2 is 1.11 bits per heavy atom. The van der Waals surface area contributed by atoms with E-state index in [9.17, 15) is 71.9 Å². The predicted octanol–water partition coefficient (Wildman–Crippen LogP) is 4.95. The van der Waals surface area contributed by atoms with Crippen molar-refractivity contribution in [3.05, 3.63) is 24.3 Å². The van der Waals surface area contributed by atoms with E-state index in [1.807, 2.05) is 0 Å². The van der Waals surface area contributed by atoms with Crippen LogP contribution in [0.5, 0.6) is 0 Å². The molecular formula is C24H24F12O10. The topological polar surface area (TPSA) is 124 Å². The molecule has 0 spiro atoms. The molecule has 0 saturated carbocycles. The number of hydrogen-bond acceptors (Lipinski definition) is 10. The third-order valence-electron chi connectivity index (χ3n) is 5.64. The summed E-state index contributed by atoms with van der Waals surface area (Å²) in [7, 11) is 0. The van der Waals surface area contributed by atoms with Crippen molar-refractivity contribution in [2.75, 3.05) is 6.61 Å². The lowest BCUT2D eigenvalue weighted by molar-refractivity contribution is -0.335. The second kappa shape index (κ2) is 14.9. The summed E-state index contributed by atoms with van der Waals surface area (Å²) in [4.78, 5) is 46.4. The van der Waals surface area contributed by atoms with Crippen molar-refractivity contribution in [3.8, 4) is 0 Å². The number of ether oxygens (including phenoxy) is 6. The van der Waals surface area contributed by atoms with Crippen LogP contribution in [0.25, 0.3) is 0 Å². The van der Waals surface area contributed by atoms with E-state index in [0.717, 1.165) is 18.6 Å². The molecule has 0 aromatic heterocycles. The second-order valence-corrected chi connectivity index (χ2v) is 9.70.